The second-order valence-electron chi connectivity index (χ2n) is 3.91. The molecular weight excluding hydrogens is 266 g/mol. The number of carbonyl (C=O) groups is 1. The average molecular weight is 280 g/mol. The van der Waals surface area contributed by atoms with E-state index in [2.05, 4.69) is 10.4 Å². The molecule has 0 unspecified atom stereocenters. The molecule has 0 spiro atoms. The van der Waals surface area contributed by atoms with Gasteiger partial charge in [-0.3, -0.25) is 0 Å². The Hall–Kier alpha value is -2.01. The third-order valence-electron chi connectivity index (χ3n) is 2.43. The van der Waals surface area contributed by atoms with Crippen LogP contribution in [0.15, 0.2) is 30.3 Å². The molecule has 0 aliphatic heterocycles. The molecule has 1 aromatic carbocycles. The summed E-state index contributed by atoms with van der Waals surface area (Å²) in [5, 5.41) is 7.34. The van der Waals surface area contributed by atoms with Crippen molar-refractivity contribution < 1.29 is 9.53 Å². The highest BCUT2D eigenvalue weighted by Crippen LogP contribution is 2.16. The molecule has 19 heavy (non-hydrogen) atoms. The number of nitrogens with zero attached hydrogens (tertiary/aromatic N) is 2. The van der Waals surface area contributed by atoms with Gasteiger partial charge in [0.1, 0.15) is 0 Å². The molecular formula is C13H14ClN3O2. The highest BCUT2D eigenvalue weighted by Gasteiger charge is 2.12. The highest BCUT2D eigenvalue weighted by molar-refractivity contribution is 6.30. The lowest BCUT2D eigenvalue weighted by atomic mass is 10.3. The summed E-state index contributed by atoms with van der Waals surface area (Å²) in [6.07, 6.45) is 0. The Morgan fingerprint density at radius 3 is 2.95 bits per heavy atom. The molecule has 1 amide bonds. The van der Waals surface area contributed by atoms with Gasteiger partial charge in [0, 0.05) is 16.8 Å². The van der Waals surface area contributed by atoms with E-state index >= 15 is 0 Å². The molecule has 0 saturated carbocycles. The third kappa shape index (κ3) is 3.26. The molecule has 1 N–H and O–H groups in total. The van der Waals surface area contributed by atoms with Crippen molar-refractivity contribution in [3.05, 3.63) is 41.0 Å². The largest absolute Gasteiger partial charge is 0.477 e. The van der Waals surface area contributed by atoms with Crippen molar-refractivity contribution in [2.45, 2.75) is 13.8 Å². The molecule has 2 rings (SSSR count). The first-order valence-electron chi connectivity index (χ1n) is 5.86. The molecule has 0 aliphatic carbocycles. The van der Waals surface area contributed by atoms with Gasteiger partial charge in [-0.2, -0.15) is 4.68 Å². The standard InChI is InChI=1S/C13H14ClN3O2/c1-3-19-12-7-9(2)17(16-12)13(18)15-11-6-4-5-10(14)8-11/h4-8H,3H2,1-2H3,(H,15,18). The molecule has 0 aliphatic rings. The number of halogens is 1. The molecule has 0 fully saturated rings. The fourth-order valence-corrected chi connectivity index (χ4v) is 1.80. The van der Waals surface area contributed by atoms with Crippen LogP contribution in [-0.4, -0.2) is 22.4 Å². The molecule has 5 nitrogen and oxygen atoms in total. The summed E-state index contributed by atoms with van der Waals surface area (Å²) in [5.74, 6) is 0.432. The molecule has 0 atom stereocenters. The van der Waals surface area contributed by atoms with Crippen molar-refractivity contribution in [1.82, 2.24) is 9.78 Å². The minimum Gasteiger partial charge on any atom is -0.477 e. The number of rotatable bonds is 3. The quantitative estimate of drug-likeness (QED) is 0.938. The van der Waals surface area contributed by atoms with Crippen molar-refractivity contribution in [1.29, 1.82) is 0 Å². The predicted octanol–water partition coefficient (Wildman–Crippen LogP) is 3.32. The topological polar surface area (TPSA) is 56.1 Å². The van der Waals surface area contributed by atoms with Gasteiger partial charge in [-0.15, -0.1) is 5.10 Å². The van der Waals surface area contributed by atoms with Gasteiger partial charge in [0.05, 0.1) is 12.3 Å². The predicted molar refractivity (Wildman–Crippen MR) is 74.0 cm³/mol. The Bertz CT molecular complexity index is 595. The molecule has 1 heterocycles. The fourth-order valence-electron chi connectivity index (χ4n) is 1.61. The van der Waals surface area contributed by atoms with Crippen LogP contribution in [0.3, 0.4) is 0 Å². The van der Waals surface area contributed by atoms with Crippen molar-refractivity contribution >= 4 is 23.3 Å². The van der Waals surface area contributed by atoms with Gasteiger partial charge in [-0.25, -0.2) is 4.79 Å². The second-order valence-corrected chi connectivity index (χ2v) is 4.35. The number of ether oxygens (including phenoxy) is 1. The van der Waals surface area contributed by atoms with Gasteiger partial charge in [-0.05, 0) is 32.0 Å². The molecule has 2 aromatic rings. The highest BCUT2D eigenvalue weighted by atomic mass is 35.5. The van der Waals surface area contributed by atoms with Crippen LogP contribution < -0.4 is 10.1 Å². The molecule has 100 valence electrons. The average Bonchev–Trinajstić information content (AvgIpc) is 2.71. The molecule has 0 bridgehead atoms. The van der Waals surface area contributed by atoms with E-state index in [0.717, 1.165) is 0 Å². The summed E-state index contributed by atoms with van der Waals surface area (Å²) in [5.41, 5.74) is 1.31. The zero-order chi connectivity index (χ0) is 13.8. The lowest BCUT2D eigenvalue weighted by molar-refractivity contribution is 0.249. The summed E-state index contributed by atoms with van der Waals surface area (Å²) in [4.78, 5) is 12.1. The minimum atomic E-state index is -0.356. The van der Waals surface area contributed by atoms with E-state index in [1.54, 1.807) is 37.3 Å². The number of hydrogen-bond acceptors (Lipinski definition) is 3. The molecule has 0 radical (unpaired) electrons. The first-order valence-corrected chi connectivity index (χ1v) is 6.24. The van der Waals surface area contributed by atoms with Crippen LogP contribution in [0.2, 0.25) is 5.02 Å². The Morgan fingerprint density at radius 2 is 2.26 bits per heavy atom. The Labute approximate surface area is 116 Å². The number of hydrogen-bond donors (Lipinski definition) is 1. The van der Waals surface area contributed by atoms with Crippen LogP contribution in [0.1, 0.15) is 12.6 Å². The number of carbonyl (C=O) groups excluding carboxylic acids is 1. The number of amides is 1. The Morgan fingerprint density at radius 1 is 1.47 bits per heavy atom. The number of aryl methyl sites for hydroxylation is 1. The van der Waals surface area contributed by atoms with Crippen LogP contribution in [0, 0.1) is 6.92 Å². The monoisotopic (exact) mass is 279 g/mol. The maximum absolute atomic E-state index is 12.1. The van der Waals surface area contributed by atoms with E-state index in [1.165, 1.54) is 4.68 Å². The van der Waals surface area contributed by atoms with E-state index in [0.29, 0.717) is 28.9 Å². The molecule has 0 saturated heterocycles. The normalized spacial score (nSPS) is 10.3. The summed E-state index contributed by atoms with van der Waals surface area (Å²) >= 11 is 5.86. The van der Waals surface area contributed by atoms with Crippen molar-refractivity contribution in [2.75, 3.05) is 11.9 Å². The summed E-state index contributed by atoms with van der Waals surface area (Å²) in [7, 11) is 0. The van der Waals surface area contributed by atoms with E-state index in [-0.39, 0.29) is 6.03 Å². The minimum absolute atomic E-state index is 0.356. The lowest BCUT2D eigenvalue weighted by Crippen LogP contribution is -2.21. The van der Waals surface area contributed by atoms with Gasteiger partial charge in [0.25, 0.3) is 0 Å². The Kier molecular flexibility index (Phi) is 4.06. The van der Waals surface area contributed by atoms with Crippen LogP contribution in [0.5, 0.6) is 5.88 Å². The van der Waals surface area contributed by atoms with Crippen LogP contribution in [0.25, 0.3) is 0 Å². The first-order chi connectivity index (χ1) is 9.10. The van der Waals surface area contributed by atoms with Gasteiger partial charge < -0.3 is 10.1 Å². The summed E-state index contributed by atoms with van der Waals surface area (Å²) in [6, 6.07) is 8.28. The van der Waals surface area contributed by atoms with Crippen molar-refractivity contribution in [2.24, 2.45) is 0 Å². The SMILES string of the molecule is CCOc1cc(C)n(C(=O)Nc2cccc(Cl)c2)n1. The zero-order valence-corrected chi connectivity index (χ0v) is 11.4. The smallest absolute Gasteiger partial charge is 0.346 e. The van der Waals surface area contributed by atoms with E-state index in [4.69, 9.17) is 16.3 Å². The molecule has 6 heteroatoms. The Balaban J connectivity index is 2.15. The van der Waals surface area contributed by atoms with Gasteiger partial charge in [-0.1, -0.05) is 17.7 Å². The third-order valence-corrected chi connectivity index (χ3v) is 2.66. The van der Waals surface area contributed by atoms with Crippen LogP contribution >= 0.6 is 11.6 Å². The second kappa shape index (κ2) is 5.75. The maximum Gasteiger partial charge on any atom is 0.346 e. The molecule has 1 aromatic heterocycles. The first kappa shape index (κ1) is 13.4. The van der Waals surface area contributed by atoms with Crippen LogP contribution in [-0.2, 0) is 0 Å². The van der Waals surface area contributed by atoms with E-state index < -0.39 is 0 Å². The van der Waals surface area contributed by atoms with Gasteiger partial charge >= 0.3 is 6.03 Å². The summed E-state index contributed by atoms with van der Waals surface area (Å²) in [6.45, 7) is 4.15. The van der Waals surface area contributed by atoms with Gasteiger partial charge in [0.2, 0.25) is 5.88 Å². The number of aromatic nitrogens is 2. The van der Waals surface area contributed by atoms with Crippen molar-refractivity contribution in [3.8, 4) is 5.88 Å². The van der Waals surface area contributed by atoms with Crippen LogP contribution in [0.4, 0.5) is 10.5 Å². The van der Waals surface area contributed by atoms with Crippen molar-refractivity contribution in [3.63, 3.8) is 0 Å². The fraction of sp³-hybridized carbons (Fsp3) is 0.231. The number of anilines is 1. The zero-order valence-electron chi connectivity index (χ0n) is 10.7. The van der Waals surface area contributed by atoms with E-state index in [1.807, 2.05) is 6.92 Å². The van der Waals surface area contributed by atoms with Gasteiger partial charge in [0.15, 0.2) is 0 Å². The number of nitrogens with one attached hydrogen (secondary N) is 1. The summed E-state index contributed by atoms with van der Waals surface area (Å²) < 4.78 is 6.51. The maximum atomic E-state index is 12.1. The van der Waals surface area contributed by atoms with E-state index in [9.17, 15) is 4.79 Å². The number of benzene rings is 1. The lowest BCUT2D eigenvalue weighted by Gasteiger charge is -2.06.